The maximum absolute atomic E-state index is 13.3. The van der Waals surface area contributed by atoms with Gasteiger partial charge in [0.05, 0.1) is 0 Å². The summed E-state index contributed by atoms with van der Waals surface area (Å²) < 4.78 is 0. The van der Waals surface area contributed by atoms with Gasteiger partial charge in [0.15, 0.2) is 0 Å². The number of Topliss-reactive ketones (excluding diaryl/α,β-unsaturated/α-hetero) is 2. The lowest BCUT2D eigenvalue weighted by molar-refractivity contribution is -0.123. The Morgan fingerprint density at radius 1 is 0.933 bits per heavy atom. The van der Waals surface area contributed by atoms with E-state index >= 15 is 0 Å². The molecule has 4 nitrogen and oxygen atoms in total. The normalized spacial score (nSPS) is 19.8. The van der Waals surface area contributed by atoms with Crippen molar-refractivity contribution in [1.82, 2.24) is 4.98 Å². The molecule has 1 heterocycles. The fourth-order valence-electron chi connectivity index (χ4n) is 4.55. The summed E-state index contributed by atoms with van der Waals surface area (Å²) in [4.78, 5) is 41.6. The zero-order chi connectivity index (χ0) is 21.8. The Bertz CT molecular complexity index is 1090. The van der Waals surface area contributed by atoms with Crippen LogP contribution in [0.15, 0.2) is 42.6 Å². The van der Waals surface area contributed by atoms with Gasteiger partial charge in [-0.2, -0.15) is 0 Å². The van der Waals surface area contributed by atoms with E-state index in [9.17, 15) is 14.4 Å². The Morgan fingerprint density at radius 2 is 1.50 bits per heavy atom. The maximum atomic E-state index is 13.3. The van der Waals surface area contributed by atoms with Gasteiger partial charge in [0.2, 0.25) is 5.78 Å². The van der Waals surface area contributed by atoms with E-state index < -0.39 is 5.92 Å². The van der Waals surface area contributed by atoms with E-state index in [4.69, 9.17) is 0 Å². The first-order chi connectivity index (χ1) is 14.0. The number of pyridine rings is 1. The molecule has 0 saturated heterocycles. The predicted octanol–water partition coefficient (Wildman–Crippen LogP) is 4.76. The molecule has 0 aliphatic heterocycles. The van der Waals surface area contributed by atoms with Crippen LogP contribution in [-0.2, 0) is 20.4 Å². The summed E-state index contributed by atoms with van der Waals surface area (Å²) >= 11 is 0. The smallest absolute Gasteiger partial charge is 0.211 e. The summed E-state index contributed by atoms with van der Waals surface area (Å²) in [5.41, 5.74) is 4.61. The number of aryl methyl sites for hydroxylation is 1. The van der Waals surface area contributed by atoms with E-state index in [1.165, 1.54) is 11.8 Å². The summed E-state index contributed by atoms with van der Waals surface area (Å²) in [5, 5.41) is 0. The molecule has 0 N–H and O–H groups in total. The number of allylic oxidation sites excluding steroid dienone is 2. The third-order valence-electron chi connectivity index (χ3n) is 6.53. The lowest BCUT2D eigenvalue weighted by Gasteiger charge is -2.37. The minimum atomic E-state index is -0.720. The Kier molecular flexibility index (Phi) is 4.64. The molecule has 30 heavy (non-hydrogen) atoms. The third-order valence-corrected chi connectivity index (χ3v) is 6.53. The molecule has 1 aromatic carbocycles. The molecule has 0 atom stereocenters. The number of benzene rings is 1. The molecule has 1 fully saturated rings. The number of carbonyl (C=O) groups is 3. The van der Waals surface area contributed by atoms with Crippen molar-refractivity contribution in [2.75, 3.05) is 0 Å². The number of fused-ring (bicyclic) bond motifs is 1. The summed E-state index contributed by atoms with van der Waals surface area (Å²) in [7, 11) is 0. The van der Waals surface area contributed by atoms with Gasteiger partial charge in [-0.15, -0.1) is 0 Å². The molecule has 2 aromatic rings. The number of hydrogen-bond donors (Lipinski definition) is 0. The molecule has 4 rings (SSSR count). The lowest BCUT2D eigenvalue weighted by atomic mass is 9.67. The second-order valence-electron chi connectivity index (χ2n) is 9.66. The van der Waals surface area contributed by atoms with Crippen LogP contribution < -0.4 is 0 Å². The Morgan fingerprint density at radius 3 is 2.03 bits per heavy atom. The van der Waals surface area contributed by atoms with E-state index in [1.807, 2.05) is 13.0 Å². The van der Waals surface area contributed by atoms with Crippen molar-refractivity contribution < 1.29 is 14.4 Å². The van der Waals surface area contributed by atoms with Crippen molar-refractivity contribution in [2.45, 2.75) is 64.2 Å². The molecule has 0 radical (unpaired) electrons. The van der Waals surface area contributed by atoms with Crippen LogP contribution >= 0.6 is 0 Å². The maximum Gasteiger partial charge on any atom is 0.211 e. The minimum Gasteiger partial charge on any atom is -0.299 e. The first-order valence-electron chi connectivity index (χ1n) is 10.4. The summed E-state index contributed by atoms with van der Waals surface area (Å²) in [6.07, 6.45) is 6.53. The highest BCUT2D eigenvalue weighted by molar-refractivity contribution is 6.13. The summed E-state index contributed by atoms with van der Waals surface area (Å²) in [6.45, 7) is 10.6. The van der Waals surface area contributed by atoms with E-state index in [-0.39, 0.29) is 28.2 Å². The molecule has 2 aliphatic carbocycles. The average Bonchev–Trinajstić information content (AvgIpc) is 3.03. The van der Waals surface area contributed by atoms with Gasteiger partial charge in [0.25, 0.3) is 0 Å². The minimum absolute atomic E-state index is 0.0655. The van der Waals surface area contributed by atoms with Crippen LogP contribution in [0.5, 0.6) is 0 Å². The molecule has 0 amide bonds. The predicted molar refractivity (Wildman–Crippen MR) is 116 cm³/mol. The first-order valence-corrected chi connectivity index (χ1v) is 10.4. The van der Waals surface area contributed by atoms with Gasteiger partial charge in [-0.05, 0) is 41.3 Å². The molecular formula is C26H27NO3. The number of rotatable bonds is 3. The number of aromatic nitrogens is 1. The van der Waals surface area contributed by atoms with Gasteiger partial charge < -0.3 is 0 Å². The number of ketones is 3. The number of carbonyl (C=O) groups excluding carboxylic acids is 3. The van der Waals surface area contributed by atoms with Crippen molar-refractivity contribution in [3.05, 3.63) is 76.1 Å². The van der Waals surface area contributed by atoms with Gasteiger partial charge in [0.1, 0.15) is 23.2 Å². The highest BCUT2D eigenvalue weighted by Gasteiger charge is 2.35. The average molecular weight is 402 g/mol. The molecule has 0 bridgehead atoms. The highest BCUT2D eigenvalue weighted by atomic mass is 16.2. The van der Waals surface area contributed by atoms with Crippen molar-refractivity contribution >= 4 is 17.3 Å². The summed E-state index contributed by atoms with van der Waals surface area (Å²) in [5.74, 6) is -0.996. The second kappa shape index (κ2) is 6.83. The molecule has 1 aromatic heterocycles. The number of hydrogen-bond acceptors (Lipinski definition) is 4. The van der Waals surface area contributed by atoms with Crippen molar-refractivity contribution in [2.24, 2.45) is 0 Å². The van der Waals surface area contributed by atoms with Crippen LogP contribution in [0, 0.1) is 6.92 Å². The van der Waals surface area contributed by atoms with Gasteiger partial charge >= 0.3 is 0 Å². The quantitative estimate of drug-likeness (QED) is 0.422. The van der Waals surface area contributed by atoms with Gasteiger partial charge in [-0.3, -0.25) is 19.4 Å². The zero-order valence-electron chi connectivity index (χ0n) is 18.2. The topological polar surface area (TPSA) is 64.1 Å². The summed E-state index contributed by atoms with van der Waals surface area (Å²) in [6, 6.07) is 7.45. The molecule has 0 spiro atoms. The first kappa shape index (κ1) is 20.4. The standard InChI is InChI=1S/C26H27NO3/c1-15-12-18-19(26(4,5)11-10-25(18,2)3)13-17(15)24(30)20-7-6-16(14-27-20)23-21(28)8-9-22(23)29/h6-7,10-14,23H,8-9H2,1-5H3. The molecule has 4 heteroatoms. The molecule has 154 valence electrons. The van der Waals surface area contributed by atoms with Gasteiger partial charge in [0, 0.05) is 35.4 Å². The van der Waals surface area contributed by atoms with Crippen molar-refractivity contribution in [3.8, 4) is 0 Å². The van der Waals surface area contributed by atoms with Crippen LogP contribution in [0.3, 0.4) is 0 Å². The van der Waals surface area contributed by atoms with E-state index in [1.54, 1.807) is 12.1 Å². The number of nitrogens with zero attached hydrogens (tertiary/aromatic N) is 1. The fourth-order valence-corrected chi connectivity index (χ4v) is 4.55. The van der Waals surface area contributed by atoms with Crippen LogP contribution in [0.25, 0.3) is 0 Å². The molecular weight excluding hydrogens is 374 g/mol. The van der Waals surface area contributed by atoms with E-state index in [0.717, 1.165) is 11.1 Å². The van der Waals surface area contributed by atoms with Gasteiger partial charge in [-0.1, -0.05) is 52.0 Å². The Balaban J connectivity index is 1.71. The lowest BCUT2D eigenvalue weighted by Crippen LogP contribution is -2.29. The van der Waals surface area contributed by atoms with Crippen molar-refractivity contribution in [1.29, 1.82) is 0 Å². The molecule has 2 aliphatic rings. The molecule has 1 saturated carbocycles. The van der Waals surface area contributed by atoms with Crippen LogP contribution in [0.1, 0.15) is 84.8 Å². The Labute approximate surface area is 177 Å². The molecule has 0 unspecified atom stereocenters. The van der Waals surface area contributed by atoms with Gasteiger partial charge in [-0.25, -0.2) is 0 Å². The highest BCUT2D eigenvalue weighted by Crippen LogP contribution is 2.42. The second-order valence-corrected chi connectivity index (χ2v) is 9.66. The van der Waals surface area contributed by atoms with Crippen LogP contribution in [0.4, 0.5) is 0 Å². The Hall–Kier alpha value is -2.88. The third kappa shape index (κ3) is 3.24. The van der Waals surface area contributed by atoms with E-state index in [0.29, 0.717) is 29.7 Å². The zero-order valence-corrected chi connectivity index (χ0v) is 18.2. The fraction of sp³-hybridized carbons (Fsp3) is 0.385. The van der Waals surface area contributed by atoms with Crippen molar-refractivity contribution in [3.63, 3.8) is 0 Å². The van der Waals surface area contributed by atoms with Crippen LogP contribution in [-0.4, -0.2) is 22.3 Å². The largest absolute Gasteiger partial charge is 0.299 e. The monoisotopic (exact) mass is 401 g/mol. The van der Waals surface area contributed by atoms with Crippen LogP contribution in [0.2, 0.25) is 0 Å². The van der Waals surface area contributed by atoms with E-state index in [2.05, 4.69) is 50.9 Å². The SMILES string of the molecule is Cc1cc2c(cc1C(=O)c1ccc(C3C(=O)CCC3=O)cn1)C(C)(C)C=CC2(C)C.